The molecule has 0 fully saturated rings. The zero-order valence-corrected chi connectivity index (χ0v) is 10.4. The van der Waals surface area contributed by atoms with Crippen molar-refractivity contribution in [2.24, 2.45) is 7.05 Å². The van der Waals surface area contributed by atoms with Crippen LogP contribution in [0, 0.1) is 18.3 Å². The zero-order valence-electron chi connectivity index (χ0n) is 9.53. The van der Waals surface area contributed by atoms with E-state index in [0.717, 1.165) is 17.3 Å². The first kappa shape index (κ1) is 11.9. The summed E-state index contributed by atoms with van der Waals surface area (Å²) in [6.45, 7) is 3.95. The number of hydrogen-bond donors (Lipinski definition) is 1. The number of anilines is 1. The molecule has 1 rings (SSSR count). The van der Waals surface area contributed by atoms with Gasteiger partial charge in [-0.25, -0.2) is 0 Å². The molecule has 0 saturated heterocycles. The molecule has 15 heavy (non-hydrogen) atoms. The molecule has 0 aliphatic heterocycles. The van der Waals surface area contributed by atoms with Gasteiger partial charge in [0.05, 0.1) is 5.69 Å². The Morgan fingerprint density at radius 1 is 1.67 bits per heavy atom. The fraction of sp³-hybridized carbons (Fsp3) is 0.600. The van der Waals surface area contributed by atoms with Crippen molar-refractivity contribution in [3.8, 4) is 6.07 Å². The summed E-state index contributed by atoms with van der Waals surface area (Å²) in [4.78, 5) is 0. The third kappa shape index (κ3) is 2.66. The van der Waals surface area contributed by atoms with Gasteiger partial charge in [0.2, 0.25) is 0 Å². The van der Waals surface area contributed by atoms with Crippen molar-refractivity contribution < 1.29 is 0 Å². The van der Waals surface area contributed by atoms with Crippen molar-refractivity contribution in [2.75, 3.05) is 17.3 Å². The van der Waals surface area contributed by atoms with E-state index >= 15 is 0 Å². The van der Waals surface area contributed by atoms with Gasteiger partial charge in [-0.2, -0.15) is 22.1 Å². The average Bonchev–Trinajstić information content (AvgIpc) is 2.42. The molecular weight excluding hydrogens is 208 g/mol. The number of aromatic nitrogens is 2. The van der Waals surface area contributed by atoms with E-state index < -0.39 is 0 Å². The van der Waals surface area contributed by atoms with Gasteiger partial charge in [-0.3, -0.25) is 4.68 Å². The highest BCUT2D eigenvalue weighted by Gasteiger charge is 2.14. The topological polar surface area (TPSA) is 53.6 Å². The lowest BCUT2D eigenvalue weighted by Crippen LogP contribution is -2.20. The molecule has 4 nitrogen and oxygen atoms in total. The summed E-state index contributed by atoms with van der Waals surface area (Å²) < 4.78 is 1.73. The number of hydrogen-bond acceptors (Lipinski definition) is 4. The lowest BCUT2D eigenvalue weighted by Gasteiger charge is -2.13. The summed E-state index contributed by atoms with van der Waals surface area (Å²) in [5.41, 5.74) is 1.42. The molecule has 1 heterocycles. The maximum absolute atomic E-state index is 9.01. The molecule has 1 atom stereocenters. The first-order chi connectivity index (χ1) is 7.10. The standard InChI is InChI=1S/C10H16N4S/c1-7(6-15-4)12-10-9(5-11)8(2)13-14(10)3/h7,12H,6H2,1-4H3. The molecule has 0 saturated carbocycles. The van der Waals surface area contributed by atoms with E-state index in [2.05, 4.69) is 29.7 Å². The van der Waals surface area contributed by atoms with Crippen molar-refractivity contribution in [2.45, 2.75) is 19.9 Å². The Hall–Kier alpha value is -1.15. The van der Waals surface area contributed by atoms with Crippen LogP contribution in [0.2, 0.25) is 0 Å². The molecule has 1 aromatic rings. The smallest absolute Gasteiger partial charge is 0.142 e. The van der Waals surface area contributed by atoms with Gasteiger partial charge in [-0.05, 0) is 20.1 Å². The lowest BCUT2D eigenvalue weighted by atomic mass is 10.2. The second kappa shape index (κ2) is 5.08. The molecule has 0 bridgehead atoms. The maximum atomic E-state index is 9.01. The third-order valence-corrected chi connectivity index (χ3v) is 2.97. The van der Waals surface area contributed by atoms with E-state index in [1.165, 1.54) is 0 Å². The molecule has 0 spiro atoms. The Labute approximate surface area is 94.7 Å². The predicted octanol–water partition coefficient (Wildman–Crippen LogP) is 1.76. The molecule has 82 valence electrons. The fourth-order valence-electron chi connectivity index (χ4n) is 1.48. The molecule has 1 N–H and O–H groups in total. The minimum absolute atomic E-state index is 0.335. The van der Waals surface area contributed by atoms with Crippen LogP contribution in [0.1, 0.15) is 18.2 Å². The Kier molecular flexibility index (Phi) is 4.04. The van der Waals surface area contributed by atoms with Crippen LogP contribution in [-0.2, 0) is 7.05 Å². The Balaban J connectivity index is 2.89. The molecule has 0 aromatic carbocycles. The molecule has 0 aliphatic rings. The van der Waals surface area contributed by atoms with Crippen LogP contribution in [0.25, 0.3) is 0 Å². The predicted molar refractivity (Wildman–Crippen MR) is 64.1 cm³/mol. The first-order valence-corrected chi connectivity index (χ1v) is 6.18. The van der Waals surface area contributed by atoms with Crippen LogP contribution < -0.4 is 5.32 Å². The van der Waals surface area contributed by atoms with E-state index in [1.807, 2.05) is 14.0 Å². The van der Waals surface area contributed by atoms with E-state index in [4.69, 9.17) is 5.26 Å². The zero-order chi connectivity index (χ0) is 11.4. The van der Waals surface area contributed by atoms with Crippen LogP contribution in [-0.4, -0.2) is 27.8 Å². The number of nitrogens with zero attached hydrogens (tertiary/aromatic N) is 3. The number of thioether (sulfide) groups is 1. The number of nitrogens with one attached hydrogen (secondary N) is 1. The fourth-order valence-corrected chi connectivity index (χ4v) is 2.07. The number of nitriles is 1. The molecule has 0 radical (unpaired) electrons. The second-order valence-electron chi connectivity index (χ2n) is 3.55. The van der Waals surface area contributed by atoms with E-state index in [0.29, 0.717) is 11.6 Å². The summed E-state index contributed by atoms with van der Waals surface area (Å²) >= 11 is 1.78. The lowest BCUT2D eigenvalue weighted by molar-refractivity contribution is 0.746. The Bertz CT molecular complexity index is 378. The van der Waals surface area contributed by atoms with Gasteiger partial charge in [-0.1, -0.05) is 0 Å². The van der Waals surface area contributed by atoms with Crippen molar-refractivity contribution in [3.05, 3.63) is 11.3 Å². The maximum Gasteiger partial charge on any atom is 0.142 e. The SMILES string of the molecule is CSCC(C)Nc1c(C#N)c(C)nn1C. The normalized spacial score (nSPS) is 12.2. The molecular formula is C10H16N4S. The van der Waals surface area contributed by atoms with Gasteiger partial charge in [0.1, 0.15) is 17.5 Å². The van der Waals surface area contributed by atoms with Crippen LogP contribution in [0.4, 0.5) is 5.82 Å². The van der Waals surface area contributed by atoms with Gasteiger partial charge in [0.25, 0.3) is 0 Å². The minimum Gasteiger partial charge on any atom is -0.366 e. The highest BCUT2D eigenvalue weighted by molar-refractivity contribution is 7.98. The highest BCUT2D eigenvalue weighted by Crippen LogP contribution is 2.18. The van der Waals surface area contributed by atoms with Gasteiger partial charge >= 0.3 is 0 Å². The molecule has 0 aliphatic carbocycles. The van der Waals surface area contributed by atoms with E-state index in [9.17, 15) is 0 Å². The van der Waals surface area contributed by atoms with Crippen LogP contribution in [0.5, 0.6) is 0 Å². The largest absolute Gasteiger partial charge is 0.366 e. The number of rotatable bonds is 4. The van der Waals surface area contributed by atoms with Gasteiger partial charge < -0.3 is 5.32 Å². The summed E-state index contributed by atoms with van der Waals surface area (Å²) in [7, 11) is 1.85. The van der Waals surface area contributed by atoms with Gasteiger partial charge in [0.15, 0.2) is 0 Å². The first-order valence-electron chi connectivity index (χ1n) is 4.79. The summed E-state index contributed by atoms with van der Waals surface area (Å²) in [6.07, 6.45) is 2.07. The Morgan fingerprint density at radius 2 is 2.33 bits per heavy atom. The van der Waals surface area contributed by atoms with Crippen molar-refractivity contribution in [1.29, 1.82) is 5.26 Å². The van der Waals surface area contributed by atoms with Gasteiger partial charge in [-0.15, -0.1) is 0 Å². The Morgan fingerprint density at radius 3 is 2.87 bits per heavy atom. The minimum atomic E-state index is 0.335. The summed E-state index contributed by atoms with van der Waals surface area (Å²) in [5.74, 6) is 1.83. The molecule has 5 heteroatoms. The quantitative estimate of drug-likeness (QED) is 0.846. The van der Waals surface area contributed by atoms with Gasteiger partial charge in [0, 0.05) is 18.8 Å². The monoisotopic (exact) mass is 224 g/mol. The molecule has 1 unspecified atom stereocenters. The summed E-state index contributed by atoms with van der Waals surface area (Å²) in [6, 6.07) is 2.51. The highest BCUT2D eigenvalue weighted by atomic mass is 32.2. The van der Waals surface area contributed by atoms with Crippen molar-refractivity contribution in [1.82, 2.24) is 9.78 Å². The average molecular weight is 224 g/mol. The van der Waals surface area contributed by atoms with Crippen LogP contribution in [0.3, 0.4) is 0 Å². The number of aryl methyl sites for hydroxylation is 2. The van der Waals surface area contributed by atoms with E-state index in [1.54, 1.807) is 16.4 Å². The van der Waals surface area contributed by atoms with Crippen molar-refractivity contribution >= 4 is 17.6 Å². The summed E-state index contributed by atoms with van der Waals surface area (Å²) in [5, 5.41) is 16.5. The second-order valence-corrected chi connectivity index (χ2v) is 4.46. The van der Waals surface area contributed by atoms with Crippen LogP contribution in [0.15, 0.2) is 0 Å². The molecule has 0 amide bonds. The third-order valence-electron chi connectivity index (χ3n) is 2.13. The molecule has 1 aromatic heterocycles. The van der Waals surface area contributed by atoms with E-state index in [-0.39, 0.29) is 0 Å². The van der Waals surface area contributed by atoms with Crippen LogP contribution >= 0.6 is 11.8 Å². The van der Waals surface area contributed by atoms with Crippen molar-refractivity contribution in [3.63, 3.8) is 0 Å².